The molecule has 2 aromatic rings. The number of rotatable bonds is 5. The van der Waals surface area contributed by atoms with E-state index in [9.17, 15) is 4.39 Å². The summed E-state index contributed by atoms with van der Waals surface area (Å²) in [4.78, 5) is 0. The quantitative estimate of drug-likeness (QED) is 0.659. The number of hydrogen-bond donors (Lipinski definition) is 0. The van der Waals surface area contributed by atoms with Gasteiger partial charge >= 0.3 is 0 Å². The number of benzene rings is 2. The van der Waals surface area contributed by atoms with Crippen LogP contribution in [0, 0.1) is 11.7 Å². The summed E-state index contributed by atoms with van der Waals surface area (Å²) in [5.74, 6) is 0.570. The molecule has 0 nitrogen and oxygen atoms in total. The van der Waals surface area contributed by atoms with Crippen LogP contribution in [0.1, 0.15) is 38.3 Å². The van der Waals surface area contributed by atoms with Gasteiger partial charge in [0, 0.05) is 5.56 Å². The molecule has 2 rings (SSSR count). The average molecular weight is 270 g/mol. The number of aryl methyl sites for hydroxylation is 1. The maximum atomic E-state index is 14.1. The van der Waals surface area contributed by atoms with E-state index in [1.54, 1.807) is 6.07 Å². The van der Waals surface area contributed by atoms with Crippen molar-refractivity contribution in [3.05, 3.63) is 59.4 Å². The van der Waals surface area contributed by atoms with Crippen molar-refractivity contribution >= 4 is 0 Å². The standard InChI is InChI=1S/C19H23F/c1-4-14(3)12-16-6-9-17(10-7-16)18-11-8-15(5-2)13-19(18)20/h6-11,13-14H,4-5,12H2,1-3H3. The smallest absolute Gasteiger partial charge is 0.131 e. The third kappa shape index (κ3) is 3.47. The summed E-state index contributed by atoms with van der Waals surface area (Å²) in [5, 5.41) is 0. The highest BCUT2D eigenvalue weighted by atomic mass is 19.1. The maximum Gasteiger partial charge on any atom is 0.131 e. The van der Waals surface area contributed by atoms with E-state index in [0.717, 1.165) is 24.0 Å². The molecular weight excluding hydrogens is 247 g/mol. The van der Waals surface area contributed by atoms with E-state index in [2.05, 4.69) is 26.0 Å². The Labute approximate surface area is 121 Å². The van der Waals surface area contributed by atoms with Crippen LogP contribution in [-0.2, 0) is 12.8 Å². The summed E-state index contributed by atoms with van der Waals surface area (Å²) in [7, 11) is 0. The lowest BCUT2D eigenvalue weighted by Crippen LogP contribution is -1.97. The van der Waals surface area contributed by atoms with Gasteiger partial charge in [-0.3, -0.25) is 0 Å². The monoisotopic (exact) mass is 270 g/mol. The van der Waals surface area contributed by atoms with E-state index >= 15 is 0 Å². The van der Waals surface area contributed by atoms with Crippen LogP contribution in [-0.4, -0.2) is 0 Å². The number of halogens is 1. The molecule has 0 saturated heterocycles. The minimum Gasteiger partial charge on any atom is -0.206 e. The Bertz CT molecular complexity index is 554. The van der Waals surface area contributed by atoms with Crippen molar-refractivity contribution in [1.29, 1.82) is 0 Å². The van der Waals surface area contributed by atoms with Crippen LogP contribution in [0.2, 0.25) is 0 Å². The minimum atomic E-state index is -0.126. The molecule has 20 heavy (non-hydrogen) atoms. The molecule has 0 heterocycles. The van der Waals surface area contributed by atoms with Gasteiger partial charge in [-0.1, -0.05) is 63.6 Å². The molecule has 0 aromatic heterocycles. The minimum absolute atomic E-state index is 0.126. The van der Waals surface area contributed by atoms with E-state index in [4.69, 9.17) is 0 Å². The lowest BCUT2D eigenvalue weighted by Gasteiger charge is -2.10. The van der Waals surface area contributed by atoms with E-state index in [1.807, 2.05) is 31.2 Å². The lowest BCUT2D eigenvalue weighted by molar-refractivity contribution is 0.560. The highest BCUT2D eigenvalue weighted by molar-refractivity contribution is 5.64. The molecule has 0 fully saturated rings. The molecule has 2 aromatic carbocycles. The summed E-state index contributed by atoms with van der Waals surface area (Å²) in [6.45, 7) is 6.51. The zero-order chi connectivity index (χ0) is 14.5. The summed E-state index contributed by atoms with van der Waals surface area (Å²) < 4.78 is 14.1. The van der Waals surface area contributed by atoms with Crippen molar-refractivity contribution in [3.8, 4) is 11.1 Å². The van der Waals surface area contributed by atoms with Gasteiger partial charge in [-0.15, -0.1) is 0 Å². The first-order valence-corrected chi connectivity index (χ1v) is 7.51. The Morgan fingerprint density at radius 3 is 2.15 bits per heavy atom. The molecule has 0 radical (unpaired) electrons. The second kappa shape index (κ2) is 6.69. The van der Waals surface area contributed by atoms with Gasteiger partial charge in [0.2, 0.25) is 0 Å². The first kappa shape index (κ1) is 14.8. The van der Waals surface area contributed by atoms with Gasteiger partial charge in [0.1, 0.15) is 5.82 Å². The van der Waals surface area contributed by atoms with Crippen molar-refractivity contribution < 1.29 is 4.39 Å². The molecule has 0 aliphatic rings. The van der Waals surface area contributed by atoms with Gasteiger partial charge in [-0.05, 0) is 41.5 Å². The van der Waals surface area contributed by atoms with Gasteiger partial charge in [0.25, 0.3) is 0 Å². The van der Waals surface area contributed by atoms with Crippen molar-refractivity contribution in [3.63, 3.8) is 0 Å². The molecule has 0 aliphatic heterocycles. The number of hydrogen-bond acceptors (Lipinski definition) is 0. The first-order valence-electron chi connectivity index (χ1n) is 7.51. The molecule has 0 bridgehead atoms. The molecule has 1 heteroatoms. The van der Waals surface area contributed by atoms with Gasteiger partial charge < -0.3 is 0 Å². The average Bonchev–Trinajstić information content (AvgIpc) is 2.48. The second-order valence-corrected chi connectivity index (χ2v) is 5.58. The molecule has 1 unspecified atom stereocenters. The van der Waals surface area contributed by atoms with Crippen molar-refractivity contribution in [2.45, 2.75) is 40.0 Å². The molecule has 0 saturated carbocycles. The third-order valence-corrected chi connectivity index (χ3v) is 3.99. The van der Waals surface area contributed by atoms with Crippen LogP contribution in [0.5, 0.6) is 0 Å². The van der Waals surface area contributed by atoms with E-state index < -0.39 is 0 Å². The SMILES string of the molecule is CCc1ccc(-c2ccc(CC(C)CC)cc2)c(F)c1. The zero-order valence-corrected chi connectivity index (χ0v) is 12.6. The van der Waals surface area contributed by atoms with Crippen LogP contribution < -0.4 is 0 Å². The van der Waals surface area contributed by atoms with Gasteiger partial charge in [-0.25, -0.2) is 4.39 Å². The van der Waals surface area contributed by atoms with E-state index in [1.165, 1.54) is 12.0 Å². The molecule has 0 amide bonds. The largest absolute Gasteiger partial charge is 0.206 e. The second-order valence-electron chi connectivity index (χ2n) is 5.58. The van der Waals surface area contributed by atoms with Crippen molar-refractivity contribution in [1.82, 2.24) is 0 Å². The molecule has 0 N–H and O–H groups in total. The Morgan fingerprint density at radius 2 is 1.60 bits per heavy atom. The Kier molecular flexibility index (Phi) is 4.94. The van der Waals surface area contributed by atoms with Crippen LogP contribution in [0.15, 0.2) is 42.5 Å². The first-order chi connectivity index (χ1) is 9.63. The summed E-state index contributed by atoms with van der Waals surface area (Å²) in [5.41, 5.74) is 4.02. The van der Waals surface area contributed by atoms with E-state index in [-0.39, 0.29) is 5.82 Å². The molecule has 106 valence electrons. The Hall–Kier alpha value is -1.63. The van der Waals surface area contributed by atoms with Crippen LogP contribution >= 0.6 is 0 Å². The fraction of sp³-hybridized carbons (Fsp3) is 0.368. The molecule has 0 spiro atoms. The predicted octanol–water partition coefficient (Wildman–Crippen LogP) is 5.64. The van der Waals surface area contributed by atoms with Crippen LogP contribution in [0.4, 0.5) is 4.39 Å². The Morgan fingerprint density at radius 1 is 0.950 bits per heavy atom. The molecule has 1 atom stereocenters. The summed E-state index contributed by atoms with van der Waals surface area (Å²) in [6, 6.07) is 13.8. The zero-order valence-electron chi connectivity index (χ0n) is 12.6. The van der Waals surface area contributed by atoms with Gasteiger partial charge in [-0.2, -0.15) is 0 Å². The summed E-state index contributed by atoms with van der Waals surface area (Å²) in [6.07, 6.45) is 3.15. The normalized spacial score (nSPS) is 12.4. The summed E-state index contributed by atoms with van der Waals surface area (Å²) >= 11 is 0. The van der Waals surface area contributed by atoms with Crippen LogP contribution in [0.3, 0.4) is 0 Å². The maximum absolute atomic E-state index is 14.1. The predicted molar refractivity (Wildman–Crippen MR) is 84.4 cm³/mol. The lowest BCUT2D eigenvalue weighted by atomic mass is 9.96. The van der Waals surface area contributed by atoms with Crippen molar-refractivity contribution in [2.75, 3.05) is 0 Å². The molecule has 0 aliphatic carbocycles. The van der Waals surface area contributed by atoms with E-state index in [0.29, 0.717) is 11.5 Å². The van der Waals surface area contributed by atoms with Gasteiger partial charge in [0.15, 0.2) is 0 Å². The third-order valence-electron chi connectivity index (χ3n) is 3.99. The van der Waals surface area contributed by atoms with Crippen molar-refractivity contribution in [2.24, 2.45) is 5.92 Å². The Balaban J connectivity index is 2.21. The highest BCUT2D eigenvalue weighted by Gasteiger charge is 2.07. The molecular formula is C19H23F. The topological polar surface area (TPSA) is 0 Å². The highest BCUT2D eigenvalue weighted by Crippen LogP contribution is 2.25. The van der Waals surface area contributed by atoms with Gasteiger partial charge in [0.05, 0.1) is 0 Å². The fourth-order valence-electron chi connectivity index (χ4n) is 2.38. The van der Waals surface area contributed by atoms with Crippen LogP contribution in [0.25, 0.3) is 11.1 Å². The fourth-order valence-corrected chi connectivity index (χ4v) is 2.38.